The third kappa shape index (κ3) is 6.00. The van der Waals surface area contributed by atoms with Gasteiger partial charge in [-0.15, -0.1) is 28.1 Å². The van der Waals surface area contributed by atoms with Crippen molar-refractivity contribution in [2.24, 2.45) is 0 Å². The van der Waals surface area contributed by atoms with Crippen LogP contribution in [-0.2, 0) is 16.1 Å². The van der Waals surface area contributed by atoms with E-state index >= 15 is 0 Å². The quantitative estimate of drug-likeness (QED) is 0.143. The van der Waals surface area contributed by atoms with Gasteiger partial charge in [0, 0.05) is 23.1 Å². The molecule has 0 spiro atoms. The van der Waals surface area contributed by atoms with Crippen molar-refractivity contribution in [2.45, 2.75) is 31.5 Å². The predicted molar refractivity (Wildman–Crippen MR) is 150 cm³/mol. The number of carbonyl (C=O) groups is 2. The molecule has 0 bridgehead atoms. The second-order valence-corrected chi connectivity index (χ2v) is 10.4. The Morgan fingerprint density at radius 3 is 2.49 bits per heavy atom. The van der Waals surface area contributed by atoms with E-state index in [1.54, 1.807) is 6.08 Å². The van der Waals surface area contributed by atoms with Crippen LogP contribution >= 0.6 is 23.1 Å². The Labute approximate surface area is 224 Å². The lowest BCUT2D eigenvalue weighted by Crippen LogP contribution is -2.16. The Balaban J connectivity index is 1.50. The van der Waals surface area contributed by atoms with Gasteiger partial charge in [-0.25, -0.2) is 4.79 Å². The van der Waals surface area contributed by atoms with Gasteiger partial charge in [0.25, 0.3) is 0 Å². The SMILES string of the molecule is C=CCn1c(SCC(=O)Nc2scc(-c3ccccc3)c2C(=O)OC)nnc1-c1ccc(C(C)C)cc1. The van der Waals surface area contributed by atoms with Crippen molar-refractivity contribution in [3.05, 3.63) is 83.8 Å². The fourth-order valence-electron chi connectivity index (χ4n) is 3.80. The third-order valence-corrected chi connectivity index (χ3v) is 7.58. The largest absolute Gasteiger partial charge is 0.465 e. The van der Waals surface area contributed by atoms with E-state index in [0.29, 0.717) is 28.2 Å². The van der Waals surface area contributed by atoms with Crippen LogP contribution in [0.4, 0.5) is 5.00 Å². The predicted octanol–water partition coefficient (Wildman–Crippen LogP) is 6.50. The van der Waals surface area contributed by atoms with Gasteiger partial charge in [-0.05, 0) is 17.0 Å². The first kappa shape index (κ1) is 26.4. The van der Waals surface area contributed by atoms with Crippen molar-refractivity contribution in [3.8, 4) is 22.5 Å². The summed E-state index contributed by atoms with van der Waals surface area (Å²) in [6.07, 6.45) is 1.78. The van der Waals surface area contributed by atoms with Crippen LogP contribution in [0.15, 0.2) is 77.8 Å². The number of carbonyl (C=O) groups excluding carboxylic acids is 2. The van der Waals surface area contributed by atoms with Crippen molar-refractivity contribution in [2.75, 3.05) is 18.2 Å². The fourth-order valence-corrected chi connectivity index (χ4v) is 5.52. The number of esters is 1. The zero-order chi connectivity index (χ0) is 26.4. The number of allylic oxidation sites excluding steroid dienone is 1. The molecule has 0 radical (unpaired) electrons. The molecule has 2 heterocycles. The number of nitrogens with one attached hydrogen (secondary N) is 1. The van der Waals surface area contributed by atoms with Gasteiger partial charge >= 0.3 is 5.97 Å². The number of rotatable bonds is 10. The molecule has 190 valence electrons. The first-order chi connectivity index (χ1) is 17.9. The van der Waals surface area contributed by atoms with Crippen LogP contribution in [0, 0.1) is 0 Å². The third-order valence-electron chi connectivity index (χ3n) is 5.71. The Bertz CT molecular complexity index is 1390. The molecule has 0 saturated carbocycles. The normalized spacial score (nSPS) is 10.9. The highest BCUT2D eigenvalue weighted by atomic mass is 32.2. The van der Waals surface area contributed by atoms with Crippen LogP contribution in [0.25, 0.3) is 22.5 Å². The number of thioether (sulfide) groups is 1. The van der Waals surface area contributed by atoms with E-state index in [9.17, 15) is 9.59 Å². The zero-order valence-corrected chi connectivity index (χ0v) is 22.6. The molecule has 37 heavy (non-hydrogen) atoms. The van der Waals surface area contributed by atoms with Gasteiger partial charge in [-0.2, -0.15) is 0 Å². The number of ether oxygens (including phenoxy) is 1. The molecule has 2 aromatic heterocycles. The lowest BCUT2D eigenvalue weighted by atomic mass is 10.0. The molecule has 0 atom stereocenters. The minimum absolute atomic E-state index is 0.0980. The van der Waals surface area contributed by atoms with E-state index in [1.807, 2.05) is 52.4 Å². The molecule has 0 saturated heterocycles. The molecule has 0 aliphatic rings. The summed E-state index contributed by atoms with van der Waals surface area (Å²) in [6, 6.07) is 17.8. The average molecular weight is 533 g/mol. The Morgan fingerprint density at radius 1 is 1.11 bits per heavy atom. The van der Waals surface area contributed by atoms with Gasteiger partial charge in [0.15, 0.2) is 11.0 Å². The molecular weight excluding hydrogens is 504 g/mol. The monoisotopic (exact) mass is 532 g/mol. The van der Waals surface area contributed by atoms with E-state index in [2.05, 4.69) is 48.1 Å². The van der Waals surface area contributed by atoms with Gasteiger partial charge in [0.2, 0.25) is 5.91 Å². The second-order valence-electron chi connectivity index (χ2n) is 8.53. The number of hydrogen-bond acceptors (Lipinski definition) is 7. The van der Waals surface area contributed by atoms with Gasteiger partial charge in [-0.1, -0.05) is 86.3 Å². The number of amides is 1. The lowest BCUT2D eigenvalue weighted by molar-refractivity contribution is -0.113. The number of methoxy groups -OCH3 is 1. The summed E-state index contributed by atoms with van der Waals surface area (Å²) in [5.74, 6) is 0.503. The van der Waals surface area contributed by atoms with E-state index in [0.717, 1.165) is 22.5 Å². The second kappa shape index (κ2) is 12.0. The van der Waals surface area contributed by atoms with Crippen LogP contribution in [-0.4, -0.2) is 39.5 Å². The minimum atomic E-state index is -0.498. The smallest absolute Gasteiger partial charge is 0.341 e. The van der Waals surface area contributed by atoms with Crippen molar-refractivity contribution in [3.63, 3.8) is 0 Å². The Kier molecular flexibility index (Phi) is 8.58. The number of benzene rings is 2. The number of aromatic nitrogens is 3. The van der Waals surface area contributed by atoms with Crippen molar-refractivity contribution in [1.29, 1.82) is 0 Å². The molecule has 0 fully saturated rings. The summed E-state index contributed by atoms with van der Waals surface area (Å²) in [5, 5.41) is 14.5. The number of thiophene rings is 1. The van der Waals surface area contributed by atoms with Crippen LogP contribution < -0.4 is 5.32 Å². The molecule has 9 heteroatoms. The van der Waals surface area contributed by atoms with Crippen LogP contribution in [0.3, 0.4) is 0 Å². The van der Waals surface area contributed by atoms with Crippen molar-refractivity contribution >= 4 is 40.0 Å². The van der Waals surface area contributed by atoms with E-state index in [4.69, 9.17) is 4.74 Å². The minimum Gasteiger partial charge on any atom is -0.465 e. The first-order valence-corrected chi connectivity index (χ1v) is 13.6. The van der Waals surface area contributed by atoms with E-state index in [1.165, 1.54) is 35.8 Å². The molecule has 4 rings (SSSR count). The van der Waals surface area contributed by atoms with Crippen molar-refractivity contribution < 1.29 is 14.3 Å². The van der Waals surface area contributed by atoms with E-state index in [-0.39, 0.29) is 11.7 Å². The molecular formula is C28H28N4O3S2. The molecule has 0 aliphatic carbocycles. The van der Waals surface area contributed by atoms with Gasteiger partial charge in [-0.3, -0.25) is 9.36 Å². The van der Waals surface area contributed by atoms with Crippen LogP contribution in [0.1, 0.15) is 35.7 Å². The first-order valence-electron chi connectivity index (χ1n) is 11.7. The molecule has 1 amide bonds. The standard InChI is InChI=1S/C28H28N4O3S2/c1-5-15-32-25(21-13-11-19(12-14-21)18(2)3)30-31-28(32)37-17-23(33)29-26-24(27(34)35-4)22(16-36-26)20-9-7-6-8-10-20/h5-14,16,18H,1,15,17H2,2-4H3,(H,29,33). The topological polar surface area (TPSA) is 86.1 Å². The van der Waals surface area contributed by atoms with Crippen LogP contribution in [0.5, 0.6) is 0 Å². The highest BCUT2D eigenvalue weighted by molar-refractivity contribution is 7.99. The molecule has 4 aromatic rings. The van der Waals surface area contributed by atoms with E-state index < -0.39 is 5.97 Å². The van der Waals surface area contributed by atoms with Gasteiger partial charge in [0.1, 0.15) is 10.6 Å². The molecule has 7 nitrogen and oxygen atoms in total. The number of anilines is 1. The summed E-state index contributed by atoms with van der Waals surface area (Å²) in [4.78, 5) is 25.4. The number of nitrogens with zero attached hydrogens (tertiary/aromatic N) is 3. The zero-order valence-electron chi connectivity index (χ0n) is 20.9. The summed E-state index contributed by atoms with van der Waals surface area (Å²) < 4.78 is 6.93. The summed E-state index contributed by atoms with van der Waals surface area (Å²) >= 11 is 2.57. The molecule has 0 aliphatic heterocycles. The molecule has 0 unspecified atom stereocenters. The highest BCUT2D eigenvalue weighted by Crippen LogP contribution is 2.36. The lowest BCUT2D eigenvalue weighted by Gasteiger charge is -2.10. The summed E-state index contributed by atoms with van der Waals surface area (Å²) in [7, 11) is 1.33. The Hall–Kier alpha value is -3.69. The van der Waals surface area contributed by atoms with Gasteiger partial charge in [0.05, 0.1) is 12.9 Å². The maximum absolute atomic E-state index is 12.9. The molecule has 2 aromatic carbocycles. The maximum Gasteiger partial charge on any atom is 0.341 e. The fraction of sp³-hybridized carbons (Fsp3) is 0.214. The van der Waals surface area contributed by atoms with Crippen LogP contribution in [0.2, 0.25) is 0 Å². The van der Waals surface area contributed by atoms with Gasteiger partial charge < -0.3 is 10.1 Å². The Morgan fingerprint density at radius 2 is 1.84 bits per heavy atom. The number of hydrogen-bond donors (Lipinski definition) is 1. The summed E-state index contributed by atoms with van der Waals surface area (Å²) in [6.45, 7) is 8.67. The summed E-state index contributed by atoms with van der Waals surface area (Å²) in [5.41, 5.74) is 4.14. The van der Waals surface area contributed by atoms with Crippen molar-refractivity contribution in [1.82, 2.24) is 14.8 Å². The average Bonchev–Trinajstić information content (AvgIpc) is 3.52. The maximum atomic E-state index is 12.9. The highest BCUT2D eigenvalue weighted by Gasteiger charge is 2.23. The molecule has 1 N–H and O–H groups in total.